The van der Waals surface area contributed by atoms with E-state index in [1.54, 1.807) is 24.3 Å². The largest absolute Gasteiger partial charge is 0.508 e. The van der Waals surface area contributed by atoms with Gasteiger partial charge in [-0.2, -0.15) is 0 Å². The van der Waals surface area contributed by atoms with E-state index in [1.165, 1.54) is 12.1 Å². The number of hydrogen-bond acceptors (Lipinski definition) is 4. The van der Waals surface area contributed by atoms with Gasteiger partial charge in [0.25, 0.3) is 0 Å². The second-order valence-corrected chi connectivity index (χ2v) is 5.41. The molecular formula is C18H21NO3. The molecule has 0 aromatic heterocycles. The van der Waals surface area contributed by atoms with Crippen molar-refractivity contribution in [3.05, 3.63) is 59.7 Å². The van der Waals surface area contributed by atoms with E-state index in [-0.39, 0.29) is 11.5 Å². The Morgan fingerprint density at radius 1 is 1.00 bits per heavy atom. The quantitative estimate of drug-likeness (QED) is 0.631. The number of phenolic OH excluding ortho intramolecular Hbond substituents is 1. The zero-order valence-corrected chi connectivity index (χ0v) is 13.0. The Labute approximate surface area is 131 Å². The Kier molecular flexibility index (Phi) is 5.55. The van der Waals surface area contributed by atoms with Crippen LogP contribution in [-0.4, -0.2) is 43.0 Å². The van der Waals surface area contributed by atoms with E-state index < -0.39 is 0 Å². The molecule has 0 heterocycles. The van der Waals surface area contributed by atoms with Crippen molar-refractivity contribution in [3.8, 4) is 11.5 Å². The molecule has 0 unspecified atom stereocenters. The predicted molar refractivity (Wildman–Crippen MR) is 86.6 cm³/mol. The van der Waals surface area contributed by atoms with Gasteiger partial charge >= 0.3 is 0 Å². The number of carbonyl (C=O) groups excluding carboxylic acids is 1. The number of rotatable bonds is 7. The van der Waals surface area contributed by atoms with Crippen LogP contribution in [0.25, 0.3) is 0 Å². The summed E-state index contributed by atoms with van der Waals surface area (Å²) in [5, 5.41) is 9.25. The molecule has 4 nitrogen and oxygen atoms in total. The minimum Gasteiger partial charge on any atom is -0.508 e. The van der Waals surface area contributed by atoms with Crippen LogP contribution in [0.15, 0.2) is 48.5 Å². The maximum Gasteiger partial charge on any atom is 0.193 e. The molecule has 0 bridgehead atoms. The van der Waals surface area contributed by atoms with Gasteiger partial charge in [-0.1, -0.05) is 0 Å². The van der Waals surface area contributed by atoms with Crippen molar-refractivity contribution in [3.63, 3.8) is 0 Å². The number of carbonyl (C=O) groups is 1. The third-order valence-corrected chi connectivity index (χ3v) is 3.26. The van der Waals surface area contributed by atoms with Gasteiger partial charge in [0.1, 0.15) is 11.5 Å². The molecule has 4 heteroatoms. The molecule has 116 valence electrons. The average molecular weight is 299 g/mol. The standard InChI is InChI=1S/C18H21NO3/c1-19(2)12-3-13-22-17-10-6-15(7-11-17)18(21)14-4-8-16(20)9-5-14/h4-11,20H,3,12-13H2,1-2H3. The molecule has 22 heavy (non-hydrogen) atoms. The van der Waals surface area contributed by atoms with Crippen LogP contribution in [0.1, 0.15) is 22.3 Å². The van der Waals surface area contributed by atoms with E-state index in [0.29, 0.717) is 17.7 Å². The summed E-state index contributed by atoms with van der Waals surface area (Å²) < 4.78 is 5.64. The fraction of sp³-hybridized carbons (Fsp3) is 0.278. The zero-order chi connectivity index (χ0) is 15.9. The summed E-state index contributed by atoms with van der Waals surface area (Å²) in [5.41, 5.74) is 1.16. The number of nitrogens with zero attached hydrogens (tertiary/aromatic N) is 1. The summed E-state index contributed by atoms with van der Waals surface area (Å²) in [5.74, 6) is 0.846. The Hall–Kier alpha value is -2.33. The second kappa shape index (κ2) is 7.61. The first-order valence-electron chi connectivity index (χ1n) is 7.27. The highest BCUT2D eigenvalue weighted by molar-refractivity contribution is 6.09. The first-order valence-corrected chi connectivity index (χ1v) is 7.27. The fourth-order valence-electron chi connectivity index (χ4n) is 2.05. The summed E-state index contributed by atoms with van der Waals surface area (Å²) in [4.78, 5) is 14.4. The van der Waals surface area contributed by atoms with Gasteiger partial charge < -0.3 is 14.7 Å². The van der Waals surface area contributed by atoms with E-state index in [9.17, 15) is 9.90 Å². The Morgan fingerprint density at radius 3 is 2.09 bits per heavy atom. The van der Waals surface area contributed by atoms with Gasteiger partial charge in [-0.15, -0.1) is 0 Å². The highest BCUT2D eigenvalue weighted by Crippen LogP contribution is 2.17. The second-order valence-electron chi connectivity index (χ2n) is 5.41. The van der Waals surface area contributed by atoms with E-state index in [4.69, 9.17) is 4.74 Å². The summed E-state index contributed by atoms with van der Waals surface area (Å²) in [6.07, 6.45) is 0.960. The molecule has 0 spiro atoms. The van der Waals surface area contributed by atoms with Crippen LogP contribution in [0.4, 0.5) is 0 Å². The zero-order valence-electron chi connectivity index (χ0n) is 13.0. The molecule has 2 aromatic rings. The normalized spacial score (nSPS) is 10.7. The molecule has 2 rings (SSSR count). The van der Waals surface area contributed by atoms with Crippen LogP contribution < -0.4 is 4.74 Å². The molecule has 0 fully saturated rings. The van der Waals surface area contributed by atoms with Gasteiger partial charge in [0.15, 0.2) is 5.78 Å². The molecule has 0 aliphatic rings. The van der Waals surface area contributed by atoms with E-state index in [2.05, 4.69) is 4.90 Å². The first-order chi connectivity index (χ1) is 10.6. The molecule has 0 radical (unpaired) electrons. The number of ketones is 1. The molecular weight excluding hydrogens is 278 g/mol. The number of aromatic hydroxyl groups is 1. The third-order valence-electron chi connectivity index (χ3n) is 3.26. The highest BCUT2D eigenvalue weighted by atomic mass is 16.5. The molecule has 0 aliphatic carbocycles. The van der Waals surface area contributed by atoms with E-state index in [1.807, 2.05) is 26.2 Å². The van der Waals surface area contributed by atoms with Crippen molar-refractivity contribution in [1.29, 1.82) is 0 Å². The monoisotopic (exact) mass is 299 g/mol. The topological polar surface area (TPSA) is 49.8 Å². The van der Waals surface area contributed by atoms with Crippen molar-refractivity contribution in [2.45, 2.75) is 6.42 Å². The molecule has 0 saturated carbocycles. The van der Waals surface area contributed by atoms with Crippen LogP contribution in [0, 0.1) is 0 Å². The molecule has 1 N–H and O–H groups in total. The Balaban J connectivity index is 1.93. The average Bonchev–Trinajstić information content (AvgIpc) is 2.52. The number of benzene rings is 2. The Morgan fingerprint density at radius 2 is 1.55 bits per heavy atom. The lowest BCUT2D eigenvalue weighted by Gasteiger charge is -2.10. The maximum absolute atomic E-state index is 12.3. The smallest absolute Gasteiger partial charge is 0.193 e. The lowest BCUT2D eigenvalue weighted by atomic mass is 10.0. The van der Waals surface area contributed by atoms with Gasteiger partial charge in [-0.3, -0.25) is 4.79 Å². The lowest BCUT2D eigenvalue weighted by Crippen LogP contribution is -2.15. The molecule has 2 aromatic carbocycles. The van der Waals surface area contributed by atoms with Crippen molar-refractivity contribution < 1.29 is 14.6 Å². The van der Waals surface area contributed by atoms with Gasteiger partial charge in [0, 0.05) is 17.7 Å². The minimum absolute atomic E-state index is 0.0702. The maximum atomic E-state index is 12.3. The number of hydrogen-bond donors (Lipinski definition) is 1. The Bertz CT molecular complexity index is 603. The van der Waals surface area contributed by atoms with Gasteiger partial charge in [0.2, 0.25) is 0 Å². The third kappa shape index (κ3) is 4.60. The van der Waals surface area contributed by atoms with Crippen LogP contribution >= 0.6 is 0 Å². The minimum atomic E-state index is -0.0702. The van der Waals surface area contributed by atoms with Crippen LogP contribution in [-0.2, 0) is 0 Å². The van der Waals surface area contributed by atoms with Crippen molar-refractivity contribution in [1.82, 2.24) is 4.90 Å². The summed E-state index contributed by atoms with van der Waals surface area (Å²) in [6, 6.07) is 13.4. The first kappa shape index (κ1) is 16.0. The van der Waals surface area contributed by atoms with Gasteiger partial charge in [-0.25, -0.2) is 0 Å². The molecule has 0 amide bonds. The molecule has 0 atom stereocenters. The number of ether oxygens (including phenoxy) is 1. The van der Waals surface area contributed by atoms with Gasteiger partial charge in [-0.05, 0) is 69.0 Å². The predicted octanol–water partition coefficient (Wildman–Crippen LogP) is 2.95. The lowest BCUT2D eigenvalue weighted by molar-refractivity contribution is 0.103. The van der Waals surface area contributed by atoms with E-state index in [0.717, 1.165) is 18.7 Å². The molecule has 0 saturated heterocycles. The highest BCUT2D eigenvalue weighted by Gasteiger charge is 2.09. The van der Waals surface area contributed by atoms with Gasteiger partial charge in [0.05, 0.1) is 6.61 Å². The molecule has 0 aliphatic heterocycles. The summed E-state index contributed by atoms with van der Waals surface area (Å²) in [6.45, 7) is 1.64. The summed E-state index contributed by atoms with van der Waals surface area (Å²) >= 11 is 0. The fourth-order valence-corrected chi connectivity index (χ4v) is 2.05. The van der Waals surface area contributed by atoms with Crippen molar-refractivity contribution >= 4 is 5.78 Å². The van der Waals surface area contributed by atoms with Crippen molar-refractivity contribution in [2.24, 2.45) is 0 Å². The van der Waals surface area contributed by atoms with Crippen LogP contribution in [0.5, 0.6) is 11.5 Å². The van der Waals surface area contributed by atoms with E-state index >= 15 is 0 Å². The summed E-state index contributed by atoms with van der Waals surface area (Å²) in [7, 11) is 4.06. The van der Waals surface area contributed by atoms with Crippen LogP contribution in [0.3, 0.4) is 0 Å². The SMILES string of the molecule is CN(C)CCCOc1ccc(C(=O)c2ccc(O)cc2)cc1. The van der Waals surface area contributed by atoms with Crippen LogP contribution in [0.2, 0.25) is 0 Å². The number of phenols is 1. The van der Waals surface area contributed by atoms with Crippen molar-refractivity contribution in [2.75, 3.05) is 27.2 Å².